The molecule has 1 atom stereocenters. The fraction of sp³-hybridized carbons (Fsp3) is 0.294. The van der Waals surface area contributed by atoms with Crippen LogP contribution >= 0.6 is 27.5 Å². The van der Waals surface area contributed by atoms with E-state index in [4.69, 9.17) is 11.6 Å². The summed E-state index contributed by atoms with van der Waals surface area (Å²) in [6, 6.07) is 14.7. The Hall–Kier alpha value is -0.830. The van der Waals surface area contributed by atoms with Crippen molar-refractivity contribution in [3.63, 3.8) is 0 Å². The van der Waals surface area contributed by atoms with Gasteiger partial charge in [-0.1, -0.05) is 64.8 Å². The van der Waals surface area contributed by atoms with Crippen molar-refractivity contribution in [2.75, 3.05) is 6.54 Å². The van der Waals surface area contributed by atoms with E-state index < -0.39 is 0 Å². The van der Waals surface area contributed by atoms with Crippen LogP contribution in [-0.2, 0) is 0 Å². The van der Waals surface area contributed by atoms with Gasteiger partial charge >= 0.3 is 0 Å². The molecule has 20 heavy (non-hydrogen) atoms. The smallest absolute Gasteiger partial charge is 0.0590 e. The molecule has 2 aromatic carbocycles. The third-order valence-corrected chi connectivity index (χ3v) is 4.29. The summed E-state index contributed by atoms with van der Waals surface area (Å²) in [5.74, 6) is 0. The van der Waals surface area contributed by atoms with Gasteiger partial charge in [0.25, 0.3) is 0 Å². The molecule has 0 bridgehead atoms. The van der Waals surface area contributed by atoms with Gasteiger partial charge in [-0.3, -0.25) is 0 Å². The van der Waals surface area contributed by atoms with Gasteiger partial charge in [-0.25, -0.2) is 0 Å². The summed E-state index contributed by atoms with van der Waals surface area (Å²) in [6.45, 7) is 5.31. The topological polar surface area (TPSA) is 12.0 Å². The first-order valence-corrected chi connectivity index (χ1v) is 8.04. The highest BCUT2D eigenvalue weighted by Crippen LogP contribution is 2.32. The summed E-state index contributed by atoms with van der Waals surface area (Å²) in [5, 5.41) is 4.38. The minimum absolute atomic E-state index is 0.183. The molecule has 1 unspecified atom stereocenters. The fourth-order valence-electron chi connectivity index (χ4n) is 2.32. The molecule has 0 spiro atoms. The Labute approximate surface area is 134 Å². The molecule has 0 radical (unpaired) electrons. The first kappa shape index (κ1) is 15.6. The van der Waals surface area contributed by atoms with Crippen LogP contribution in [0.3, 0.4) is 0 Å². The third-order valence-electron chi connectivity index (χ3n) is 3.37. The zero-order valence-corrected chi connectivity index (χ0v) is 14.1. The monoisotopic (exact) mass is 351 g/mol. The Balaban J connectivity index is 2.44. The fourth-order valence-corrected chi connectivity index (χ4v) is 3.23. The number of halogens is 2. The second kappa shape index (κ2) is 7.26. The number of nitrogens with one attached hydrogen (secondary N) is 1. The van der Waals surface area contributed by atoms with Crippen LogP contribution in [0, 0.1) is 6.92 Å². The lowest BCUT2D eigenvalue weighted by atomic mass is 9.95. The zero-order valence-electron chi connectivity index (χ0n) is 11.8. The number of rotatable bonds is 5. The van der Waals surface area contributed by atoms with Crippen molar-refractivity contribution in [3.05, 3.63) is 68.7 Å². The first-order chi connectivity index (χ1) is 9.63. The molecule has 3 heteroatoms. The lowest BCUT2D eigenvalue weighted by Gasteiger charge is -2.22. The lowest BCUT2D eigenvalue weighted by molar-refractivity contribution is 0.594. The molecular weight excluding hydrogens is 334 g/mol. The van der Waals surface area contributed by atoms with E-state index in [9.17, 15) is 0 Å². The van der Waals surface area contributed by atoms with Crippen LogP contribution in [0.15, 0.2) is 46.9 Å². The predicted molar refractivity (Wildman–Crippen MR) is 90.5 cm³/mol. The van der Waals surface area contributed by atoms with Crippen molar-refractivity contribution in [2.45, 2.75) is 26.3 Å². The molecule has 0 aliphatic rings. The summed E-state index contributed by atoms with van der Waals surface area (Å²) >= 11 is 9.69. The summed E-state index contributed by atoms with van der Waals surface area (Å²) in [7, 11) is 0. The van der Waals surface area contributed by atoms with Crippen LogP contribution < -0.4 is 5.32 Å². The summed E-state index contributed by atoms with van der Waals surface area (Å²) in [5.41, 5.74) is 3.82. The van der Waals surface area contributed by atoms with Gasteiger partial charge in [0.2, 0.25) is 0 Å². The number of aryl methyl sites for hydroxylation is 1. The first-order valence-electron chi connectivity index (χ1n) is 6.87. The van der Waals surface area contributed by atoms with Gasteiger partial charge in [-0.05, 0) is 48.7 Å². The average molecular weight is 353 g/mol. The molecule has 0 saturated carbocycles. The number of hydrogen-bond donors (Lipinski definition) is 1. The molecule has 1 nitrogen and oxygen atoms in total. The molecule has 0 fully saturated rings. The number of benzene rings is 2. The van der Waals surface area contributed by atoms with E-state index in [0.717, 1.165) is 22.5 Å². The number of hydrogen-bond acceptors (Lipinski definition) is 1. The minimum Gasteiger partial charge on any atom is -0.306 e. The zero-order chi connectivity index (χ0) is 14.5. The Bertz CT molecular complexity index is 583. The van der Waals surface area contributed by atoms with E-state index >= 15 is 0 Å². The van der Waals surface area contributed by atoms with Gasteiger partial charge < -0.3 is 5.32 Å². The Morgan fingerprint density at radius 2 is 1.90 bits per heavy atom. The largest absolute Gasteiger partial charge is 0.306 e. The van der Waals surface area contributed by atoms with Crippen molar-refractivity contribution in [3.8, 4) is 0 Å². The van der Waals surface area contributed by atoms with Crippen molar-refractivity contribution < 1.29 is 0 Å². The summed E-state index contributed by atoms with van der Waals surface area (Å²) in [4.78, 5) is 0. The molecule has 1 N–H and O–H groups in total. The summed E-state index contributed by atoms with van der Waals surface area (Å²) < 4.78 is 1.04. The molecule has 2 aromatic rings. The van der Waals surface area contributed by atoms with E-state index in [0.29, 0.717) is 0 Å². The molecule has 106 valence electrons. The van der Waals surface area contributed by atoms with E-state index in [-0.39, 0.29) is 6.04 Å². The molecule has 0 aliphatic carbocycles. The van der Waals surface area contributed by atoms with Crippen LogP contribution in [0.1, 0.15) is 36.1 Å². The van der Waals surface area contributed by atoms with Gasteiger partial charge in [0.15, 0.2) is 0 Å². The quantitative estimate of drug-likeness (QED) is 0.749. The highest BCUT2D eigenvalue weighted by molar-refractivity contribution is 9.10. The third kappa shape index (κ3) is 3.63. The van der Waals surface area contributed by atoms with Crippen LogP contribution in [-0.4, -0.2) is 6.54 Å². The van der Waals surface area contributed by atoms with Crippen LogP contribution in [0.2, 0.25) is 5.02 Å². The van der Waals surface area contributed by atoms with Gasteiger partial charge in [-0.2, -0.15) is 0 Å². The normalized spacial score (nSPS) is 12.4. The maximum atomic E-state index is 6.05. The van der Waals surface area contributed by atoms with Crippen molar-refractivity contribution >= 4 is 27.5 Å². The molecule has 0 aliphatic heterocycles. The molecular formula is C17H19BrClN. The van der Waals surface area contributed by atoms with E-state index in [1.807, 2.05) is 12.1 Å². The second-order valence-electron chi connectivity index (χ2n) is 4.91. The van der Waals surface area contributed by atoms with Crippen LogP contribution in [0.5, 0.6) is 0 Å². The molecule has 0 aromatic heterocycles. The highest BCUT2D eigenvalue weighted by atomic mass is 79.9. The van der Waals surface area contributed by atoms with E-state index in [2.05, 4.69) is 65.4 Å². The van der Waals surface area contributed by atoms with Crippen LogP contribution in [0.25, 0.3) is 0 Å². The van der Waals surface area contributed by atoms with E-state index in [1.54, 1.807) is 0 Å². The van der Waals surface area contributed by atoms with Gasteiger partial charge in [0.05, 0.1) is 6.04 Å². The maximum Gasteiger partial charge on any atom is 0.0590 e. The van der Waals surface area contributed by atoms with Crippen molar-refractivity contribution in [1.82, 2.24) is 5.32 Å². The Kier molecular flexibility index (Phi) is 5.64. The highest BCUT2D eigenvalue weighted by Gasteiger charge is 2.17. The summed E-state index contributed by atoms with van der Waals surface area (Å²) in [6.07, 6.45) is 1.10. The second-order valence-corrected chi connectivity index (χ2v) is 6.20. The molecule has 2 rings (SSSR count). The van der Waals surface area contributed by atoms with Gasteiger partial charge in [-0.15, -0.1) is 0 Å². The Morgan fingerprint density at radius 1 is 1.15 bits per heavy atom. The van der Waals surface area contributed by atoms with Crippen molar-refractivity contribution in [2.24, 2.45) is 0 Å². The molecule has 0 heterocycles. The van der Waals surface area contributed by atoms with Crippen molar-refractivity contribution in [1.29, 1.82) is 0 Å². The Morgan fingerprint density at radius 3 is 2.55 bits per heavy atom. The molecule has 0 amide bonds. The van der Waals surface area contributed by atoms with Gasteiger partial charge in [0.1, 0.15) is 0 Å². The van der Waals surface area contributed by atoms with E-state index in [1.165, 1.54) is 16.7 Å². The standard InChI is InChI=1S/C17H19BrClN/c1-3-10-20-17(14-7-5-4-6-12(14)2)15-9-8-13(19)11-16(15)18/h4-9,11,17,20H,3,10H2,1-2H3. The maximum absolute atomic E-state index is 6.05. The SMILES string of the molecule is CCCNC(c1ccccc1C)c1ccc(Cl)cc1Br. The van der Waals surface area contributed by atoms with Gasteiger partial charge in [0, 0.05) is 9.50 Å². The minimum atomic E-state index is 0.183. The van der Waals surface area contributed by atoms with Crippen LogP contribution in [0.4, 0.5) is 0 Å². The lowest BCUT2D eigenvalue weighted by Crippen LogP contribution is -2.24. The molecule has 0 saturated heterocycles. The predicted octanol–water partition coefficient (Wildman–Crippen LogP) is 5.50. The average Bonchev–Trinajstić information content (AvgIpc) is 2.42.